The Morgan fingerprint density at radius 2 is 2.08 bits per heavy atom. The fraction of sp³-hybridized carbons (Fsp3) is 0.300. The van der Waals surface area contributed by atoms with Crippen LogP contribution in [-0.4, -0.2) is 24.9 Å². The fourth-order valence-corrected chi connectivity index (χ4v) is 3.43. The van der Waals surface area contributed by atoms with Gasteiger partial charge < -0.3 is 9.80 Å². The number of carbonyl (C=O) groups excluding carboxylic acids is 2. The van der Waals surface area contributed by atoms with Crippen molar-refractivity contribution in [3.8, 4) is 0 Å². The van der Waals surface area contributed by atoms with Gasteiger partial charge in [-0.1, -0.05) is 23.7 Å². The lowest BCUT2D eigenvalue weighted by atomic mass is 10.1. The summed E-state index contributed by atoms with van der Waals surface area (Å²) >= 11 is 5.82. The van der Waals surface area contributed by atoms with Crippen molar-refractivity contribution in [2.75, 3.05) is 22.9 Å². The molecule has 3 rings (SSSR count). The molecule has 26 heavy (non-hydrogen) atoms. The third-order valence-corrected chi connectivity index (χ3v) is 4.87. The maximum atomic E-state index is 13.4. The van der Waals surface area contributed by atoms with Crippen LogP contribution in [0.3, 0.4) is 0 Å². The van der Waals surface area contributed by atoms with E-state index in [2.05, 4.69) is 0 Å². The molecule has 0 saturated carbocycles. The van der Waals surface area contributed by atoms with Gasteiger partial charge >= 0.3 is 0 Å². The van der Waals surface area contributed by atoms with Gasteiger partial charge in [0.2, 0.25) is 11.8 Å². The third kappa shape index (κ3) is 3.58. The minimum atomic E-state index is -0.536. The number of hydrogen-bond acceptors (Lipinski definition) is 2. The van der Waals surface area contributed by atoms with Crippen LogP contribution in [0.4, 0.5) is 15.8 Å². The first-order valence-corrected chi connectivity index (χ1v) is 8.92. The second kappa shape index (κ2) is 7.46. The summed E-state index contributed by atoms with van der Waals surface area (Å²) in [5.74, 6) is -1.22. The van der Waals surface area contributed by atoms with E-state index >= 15 is 0 Å². The molecule has 0 N–H and O–H groups in total. The predicted molar refractivity (Wildman–Crippen MR) is 101 cm³/mol. The molecule has 0 aliphatic carbocycles. The number of halogens is 2. The van der Waals surface area contributed by atoms with Gasteiger partial charge in [-0.3, -0.25) is 9.59 Å². The van der Waals surface area contributed by atoms with Crippen molar-refractivity contribution in [1.29, 1.82) is 0 Å². The van der Waals surface area contributed by atoms with Gasteiger partial charge in [0.1, 0.15) is 5.82 Å². The molecule has 1 aliphatic heterocycles. The van der Waals surface area contributed by atoms with Crippen LogP contribution in [0.1, 0.15) is 18.9 Å². The molecule has 2 aromatic carbocycles. The third-order valence-electron chi connectivity index (χ3n) is 4.58. The highest BCUT2D eigenvalue weighted by atomic mass is 35.5. The van der Waals surface area contributed by atoms with Gasteiger partial charge in [-0.05, 0) is 49.7 Å². The molecule has 1 saturated heterocycles. The Morgan fingerprint density at radius 3 is 2.73 bits per heavy atom. The average molecular weight is 375 g/mol. The van der Waals surface area contributed by atoms with Crippen molar-refractivity contribution in [1.82, 2.24) is 0 Å². The number of aryl methyl sites for hydroxylation is 1. The van der Waals surface area contributed by atoms with E-state index in [1.54, 1.807) is 4.90 Å². The molecule has 4 nitrogen and oxygen atoms in total. The highest BCUT2D eigenvalue weighted by Gasteiger charge is 2.37. The zero-order valence-electron chi connectivity index (χ0n) is 14.7. The van der Waals surface area contributed by atoms with E-state index in [9.17, 15) is 14.0 Å². The largest absolute Gasteiger partial charge is 0.312 e. The van der Waals surface area contributed by atoms with Crippen LogP contribution in [0, 0.1) is 18.7 Å². The number of benzene rings is 2. The monoisotopic (exact) mass is 374 g/mol. The molecule has 1 aliphatic rings. The van der Waals surface area contributed by atoms with E-state index < -0.39 is 11.7 Å². The minimum Gasteiger partial charge on any atom is -0.312 e. The Labute approximate surface area is 157 Å². The number of nitrogens with zero attached hydrogens (tertiary/aromatic N) is 2. The summed E-state index contributed by atoms with van der Waals surface area (Å²) in [7, 11) is 0. The Kier molecular flexibility index (Phi) is 5.28. The highest BCUT2D eigenvalue weighted by Crippen LogP contribution is 2.30. The van der Waals surface area contributed by atoms with Crippen LogP contribution in [0.2, 0.25) is 5.02 Å². The second-order valence-electron chi connectivity index (χ2n) is 6.43. The van der Waals surface area contributed by atoms with Gasteiger partial charge in [0.25, 0.3) is 0 Å². The quantitative estimate of drug-likeness (QED) is 0.805. The van der Waals surface area contributed by atoms with E-state index in [1.807, 2.05) is 38.1 Å². The zero-order valence-corrected chi connectivity index (χ0v) is 15.5. The van der Waals surface area contributed by atoms with Crippen LogP contribution in [0.5, 0.6) is 0 Å². The molecular formula is C20H20ClFN2O2. The van der Waals surface area contributed by atoms with Crippen molar-refractivity contribution < 1.29 is 14.0 Å². The first kappa shape index (κ1) is 18.4. The van der Waals surface area contributed by atoms with Gasteiger partial charge in [0.15, 0.2) is 0 Å². The summed E-state index contributed by atoms with van der Waals surface area (Å²) in [6.07, 6.45) is 0.135. The average Bonchev–Trinajstić information content (AvgIpc) is 3.00. The van der Waals surface area contributed by atoms with E-state index in [-0.39, 0.29) is 29.8 Å². The molecule has 1 fully saturated rings. The van der Waals surface area contributed by atoms with E-state index in [0.29, 0.717) is 12.2 Å². The smallest absolute Gasteiger partial charge is 0.232 e. The SMILES string of the molecule is CCN(C(=O)C1CC(=O)N(c2ccc(F)c(Cl)c2)C1)c1cccc(C)c1. The van der Waals surface area contributed by atoms with Crippen LogP contribution >= 0.6 is 11.6 Å². The van der Waals surface area contributed by atoms with Crippen molar-refractivity contribution >= 4 is 34.8 Å². The normalized spacial score (nSPS) is 16.8. The van der Waals surface area contributed by atoms with Gasteiger partial charge in [0.05, 0.1) is 10.9 Å². The summed E-state index contributed by atoms with van der Waals surface area (Å²) in [4.78, 5) is 28.6. The van der Waals surface area contributed by atoms with E-state index in [4.69, 9.17) is 11.6 Å². The van der Waals surface area contributed by atoms with Gasteiger partial charge in [-0.15, -0.1) is 0 Å². The van der Waals surface area contributed by atoms with Crippen molar-refractivity contribution in [2.45, 2.75) is 20.3 Å². The van der Waals surface area contributed by atoms with Crippen LogP contribution in [0.25, 0.3) is 0 Å². The first-order chi connectivity index (χ1) is 12.4. The lowest BCUT2D eigenvalue weighted by Crippen LogP contribution is -2.37. The van der Waals surface area contributed by atoms with Gasteiger partial charge in [-0.25, -0.2) is 4.39 Å². The number of amides is 2. The van der Waals surface area contributed by atoms with Gasteiger partial charge in [0, 0.05) is 30.9 Å². The summed E-state index contributed by atoms with van der Waals surface area (Å²) in [6.45, 7) is 4.67. The molecule has 1 unspecified atom stereocenters. The van der Waals surface area contributed by atoms with Crippen molar-refractivity contribution in [2.24, 2.45) is 5.92 Å². The number of carbonyl (C=O) groups is 2. The minimum absolute atomic E-state index is 0.0416. The standard InChI is InChI=1S/C20H20ClFN2O2/c1-3-23(15-6-4-5-13(2)9-15)20(26)14-10-19(25)24(12-14)16-7-8-18(22)17(21)11-16/h4-9,11,14H,3,10,12H2,1-2H3. The summed E-state index contributed by atoms with van der Waals surface area (Å²) in [6, 6.07) is 11.9. The Hall–Kier alpha value is -2.40. The molecule has 0 bridgehead atoms. The molecule has 0 aromatic heterocycles. The molecule has 6 heteroatoms. The Morgan fingerprint density at radius 1 is 1.31 bits per heavy atom. The lowest BCUT2D eigenvalue weighted by molar-refractivity contribution is -0.124. The van der Waals surface area contributed by atoms with Gasteiger partial charge in [-0.2, -0.15) is 0 Å². The Balaban J connectivity index is 1.80. The molecule has 1 atom stereocenters. The summed E-state index contributed by atoms with van der Waals surface area (Å²) < 4.78 is 13.4. The number of hydrogen-bond donors (Lipinski definition) is 0. The molecular weight excluding hydrogens is 355 g/mol. The zero-order chi connectivity index (χ0) is 18.8. The fourth-order valence-electron chi connectivity index (χ4n) is 3.26. The maximum absolute atomic E-state index is 13.4. The molecule has 2 amide bonds. The van der Waals surface area contributed by atoms with Crippen LogP contribution in [0.15, 0.2) is 42.5 Å². The molecule has 0 radical (unpaired) electrons. The topological polar surface area (TPSA) is 40.6 Å². The summed E-state index contributed by atoms with van der Waals surface area (Å²) in [5, 5.41) is -0.0416. The van der Waals surface area contributed by atoms with Crippen LogP contribution in [-0.2, 0) is 9.59 Å². The predicted octanol–water partition coefficient (Wildman–Crippen LogP) is 4.19. The maximum Gasteiger partial charge on any atom is 0.232 e. The number of anilines is 2. The number of rotatable bonds is 4. The Bertz CT molecular complexity index is 855. The molecule has 0 spiro atoms. The molecule has 1 heterocycles. The van der Waals surface area contributed by atoms with Crippen molar-refractivity contribution in [3.05, 3.63) is 58.9 Å². The van der Waals surface area contributed by atoms with Crippen LogP contribution < -0.4 is 9.80 Å². The van der Waals surface area contributed by atoms with Crippen molar-refractivity contribution in [3.63, 3.8) is 0 Å². The highest BCUT2D eigenvalue weighted by molar-refractivity contribution is 6.31. The first-order valence-electron chi connectivity index (χ1n) is 8.54. The van der Waals surface area contributed by atoms with E-state index in [1.165, 1.54) is 23.1 Å². The second-order valence-corrected chi connectivity index (χ2v) is 6.83. The summed E-state index contributed by atoms with van der Waals surface area (Å²) in [5.41, 5.74) is 2.40. The molecule has 2 aromatic rings. The van der Waals surface area contributed by atoms with E-state index in [0.717, 1.165) is 11.3 Å². The lowest BCUT2D eigenvalue weighted by Gasteiger charge is -2.25. The molecule has 136 valence electrons.